The maximum absolute atomic E-state index is 13.8. The van der Waals surface area contributed by atoms with Crippen molar-refractivity contribution in [1.29, 1.82) is 0 Å². The van der Waals surface area contributed by atoms with Crippen LogP contribution < -0.4 is 31.6 Å². The molecule has 20 heteroatoms. The number of anilines is 2. The van der Waals surface area contributed by atoms with Crippen LogP contribution in [0.25, 0.3) is 22.1 Å². The van der Waals surface area contributed by atoms with Crippen LogP contribution in [0.1, 0.15) is 73.3 Å². The van der Waals surface area contributed by atoms with Crippen molar-refractivity contribution in [2.75, 3.05) is 44.0 Å². The maximum atomic E-state index is 13.8. The lowest BCUT2D eigenvalue weighted by Crippen LogP contribution is -2.43. The molecule has 20 nitrogen and oxygen atoms in total. The number of likely N-dealkylation sites (tertiary alicyclic amines) is 1. The highest BCUT2D eigenvalue weighted by molar-refractivity contribution is 6.05. The van der Waals surface area contributed by atoms with Crippen LogP contribution >= 0.6 is 0 Å². The van der Waals surface area contributed by atoms with Crippen molar-refractivity contribution in [3.63, 3.8) is 0 Å². The molecule has 0 aliphatic carbocycles. The first kappa shape index (κ1) is 41.7. The number of benzene rings is 2. The van der Waals surface area contributed by atoms with Gasteiger partial charge in [-0.1, -0.05) is 12.2 Å². The number of aryl methyl sites for hydroxylation is 4. The highest BCUT2D eigenvalue weighted by atomic mass is 16.5. The van der Waals surface area contributed by atoms with Crippen molar-refractivity contribution in [2.24, 2.45) is 11.5 Å². The molecule has 6 heterocycles. The van der Waals surface area contributed by atoms with Crippen molar-refractivity contribution in [3.05, 3.63) is 82.5 Å². The number of ether oxygens (including phenoxy) is 3. The number of nitrogens with two attached hydrogens (primary N) is 2. The maximum Gasteiger partial charge on any atom is 0.276 e. The normalized spacial score (nSPS) is 16.7. The Hall–Kier alpha value is -7.06. The van der Waals surface area contributed by atoms with Crippen molar-refractivity contribution in [3.8, 4) is 11.5 Å². The second-order valence-electron chi connectivity index (χ2n) is 15.3. The van der Waals surface area contributed by atoms with Gasteiger partial charge in [0, 0.05) is 57.5 Å². The Labute approximate surface area is 355 Å². The fourth-order valence-corrected chi connectivity index (χ4v) is 8.05. The van der Waals surface area contributed by atoms with Gasteiger partial charge >= 0.3 is 0 Å². The molecule has 6 aromatic rings. The third-order valence-corrected chi connectivity index (χ3v) is 11.1. The number of aromatic nitrogens is 8. The second-order valence-corrected chi connectivity index (χ2v) is 15.3. The van der Waals surface area contributed by atoms with Crippen LogP contribution in [0.4, 0.5) is 11.9 Å². The Balaban J connectivity index is 1.27. The molecule has 324 valence electrons. The minimum absolute atomic E-state index is 0.0201. The van der Waals surface area contributed by atoms with E-state index in [4.69, 9.17) is 35.6 Å². The zero-order valence-corrected chi connectivity index (χ0v) is 35.2. The standard InChI is InChI=1S/C42H49N13O7/c1-6-54-31(14-23(3)49-54)39(58)47-41-45-29-16-25(37(43)56)18-33-35(29)52(41)11-8-9-12-53-36-30(46-42(53)48-40(59)32-15-24(4)50-55(32)7-2)17-26(38(44)57)19-34(36)62-22-27(21-61-33)51-13-10-28(20-51)60-5/h8-9,14-19,27-28H,6-7,10-13,20-22H2,1-5H3,(H2,43,56)(H2,44,57)(H,45,47,58)(H,46,48,59)/b9-8+/t28-/m1/s1. The Morgan fingerprint density at radius 3 is 1.61 bits per heavy atom. The molecule has 2 aliphatic heterocycles. The Morgan fingerprint density at radius 1 is 0.742 bits per heavy atom. The number of amides is 4. The van der Waals surface area contributed by atoms with Gasteiger partial charge in [0.05, 0.1) is 34.6 Å². The average Bonchev–Trinajstić information content (AvgIpc) is 4.08. The minimum atomic E-state index is -0.682. The monoisotopic (exact) mass is 847 g/mol. The summed E-state index contributed by atoms with van der Waals surface area (Å²) in [5.41, 5.74) is 15.8. The summed E-state index contributed by atoms with van der Waals surface area (Å²) < 4.78 is 25.8. The van der Waals surface area contributed by atoms with Crippen LogP contribution in [-0.4, -0.2) is 113 Å². The van der Waals surface area contributed by atoms with Gasteiger partial charge in [-0.15, -0.1) is 0 Å². The average molecular weight is 848 g/mol. The number of methoxy groups -OCH3 is 1. The Bertz CT molecular complexity index is 2590. The summed E-state index contributed by atoms with van der Waals surface area (Å²) in [4.78, 5) is 64.9. The summed E-state index contributed by atoms with van der Waals surface area (Å²) in [6.07, 6.45) is 4.49. The number of nitrogens with zero attached hydrogens (tertiary/aromatic N) is 9. The zero-order valence-electron chi connectivity index (χ0n) is 35.2. The topological polar surface area (TPSA) is 247 Å². The zero-order chi connectivity index (χ0) is 43.8. The molecule has 1 atom stereocenters. The number of hydrogen-bond acceptors (Lipinski definition) is 12. The van der Waals surface area contributed by atoms with Crippen molar-refractivity contribution >= 4 is 57.6 Å². The molecule has 2 aromatic carbocycles. The van der Waals surface area contributed by atoms with Crippen LogP contribution in [0.2, 0.25) is 0 Å². The van der Waals surface area contributed by atoms with Gasteiger partial charge in [-0.3, -0.25) is 44.1 Å². The van der Waals surface area contributed by atoms with Crippen LogP contribution in [0.3, 0.4) is 0 Å². The van der Waals surface area contributed by atoms with E-state index in [1.54, 1.807) is 62.0 Å². The van der Waals surface area contributed by atoms with E-state index in [1.165, 1.54) is 0 Å². The first-order chi connectivity index (χ1) is 29.8. The lowest BCUT2D eigenvalue weighted by atomic mass is 10.1. The van der Waals surface area contributed by atoms with Gasteiger partial charge in [0.2, 0.25) is 23.7 Å². The molecule has 2 aliphatic rings. The SMILES string of the molecule is CCn1nc(C)cc1C(=O)Nc1nc2cc(C(N)=O)cc3c2n1C/C=C/Cn1c(NC(=O)c2cc(C)nn2CC)nc2cc(C(N)=O)cc(c21)OCC(N1CC[C@@H](OC)C1)CO3. The molecule has 4 amide bonds. The van der Waals surface area contributed by atoms with Gasteiger partial charge in [-0.2, -0.15) is 10.2 Å². The first-order valence-corrected chi connectivity index (χ1v) is 20.4. The smallest absolute Gasteiger partial charge is 0.276 e. The van der Waals surface area contributed by atoms with Gasteiger partial charge in [0.25, 0.3) is 11.8 Å². The minimum Gasteiger partial charge on any atom is -0.490 e. The third kappa shape index (κ3) is 8.08. The van der Waals surface area contributed by atoms with Crippen LogP contribution in [0, 0.1) is 13.8 Å². The number of rotatable bonds is 10. The molecule has 62 heavy (non-hydrogen) atoms. The number of allylic oxidation sites excluding steroid dienone is 2. The molecule has 0 spiro atoms. The number of hydrogen-bond donors (Lipinski definition) is 4. The molecular weight excluding hydrogens is 799 g/mol. The van der Waals surface area contributed by atoms with E-state index in [-0.39, 0.29) is 61.5 Å². The quantitative estimate of drug-likeness (QED) is 0.145. The molecule has 0 unspecified atom stereocenters. The fraction of sp³-hybridized carbons (Fsp3) is 0.381. The number of primary amides is 2. The largest absolute Gasteiger partial charge is 0.490 e. The predicted octanol–water partition coefficient (Wildman–Crippen LogP) is 3.25. The first-order valence-electron chi connectivity index (χ1n) is 20.4. The Morgan fingerprint density at radius 2 is 1.21 bits per heavy atom. The van der Waals surface area contributed by atoms with Crippen molar-refractivity contribution in [2.45, 2.75) is 72.4 Å². The van der Waals surface area contributed by atoms with Gasteiger partial charge < -0.3 is 34.8 Å². The molecule has 1 saturated heterocycles. The van der Waals surface area contributed by atoms with Crippen LogP contribution in [0.15, 0.2) is 48.6 Å². The van der Waals surface area contributed by atoms with E-state index in [9.17, 15) is 19.2 Å². The Kier molecular flexibility index (Phi) is 11.5. The number of carbonyl (C=O) groups excluding carboxylic acids is 4. The summed E-state index contributed by atoms with van der Waals surface area (Å²) in [6, 6.07) is 9.29. The molecule has 0 saturated carbocycles. The van der Waals surface area contributed by atoms with Gasteiger partial charge in [0.15, 0.2) is 0 Å². The summed E-state index contributed by atoms with van der Waals surface area (Å²) >= 11 is 0. The van der Waals surface area contributed by atoms with Gasteiger partial charge in [-0.25, -0.2) is 9.97 Å². The van der Waals surface area contributed by atoms with Gasteiger partial charge in [-0.05, 0) is 70.5 Å². The highest BCUT2D eigenvalue weighted by Gasteiger charge is 2.31. The van der Waals surface area contributed by atoms with E-state index in [0.29, 0.717) is 82.5 Å². The predicted molar refractivity (Wildman–Crippen MR) is 229 cm³/mol. The lowest BCUT2D eigenvalue weighted by molar-refractivity contribution is 0.0758. The van der Waals surface area contributed by atoms with Gasteiger partial charge in [0.1, 0.15) is 47.1 Å². The van der Waals surface area contributed by atoms with Crippen LogP contribution in [0.5, 0.6) is 11.5 Å². The lowest BCUT2D eigenvalue weighted by Gasteiger charge is -2.28. The third-order valence-electron chi connectivity index (χ3n) is 11.1. The van der Waals surface area contributed by atoms with E-state index in [2.05, 4.69) is 25.7 Å². The molecule has 0 bridgehead atoms. The van der Waals surface area contributed by atoms with Crippen molar-refractivity contribution in [1.82, 2.24) is 43.6 Å². The summed E-state index contributed by atoms with van der Waals surface area (Å²) in [6.45, 7) is 10.1. The molecule has 1 fully saturated rings. The van der Waals surface area contributed by atoms with Crippen molar-refractivity contribution < 1.29 is 33.4 Å². The number of carbonyl (C=O) groups is 4. The molecular formula is C42H49N13O7. The van der Waals surface area contributed by atoms with E-state index >= 15 is 0 Å². The number of imidazole rings is 2. The number of nitrogens with one attached hydrogen (secondary N) is 2. The summed E-state index contributed by atoms with van der Waals surface area (Å²) in [7, 11) is 1.67. The molecule has 0 radical (unpaired) electrons. The molecule has 6 N–H and O–H groups in total. The van der Waals surface area contributed by atoms with E-state index in [1.807, 2.05) is 39.8 Å². The van der Waals surface area contributed by atoms with Crippen LogP contribution in [-0.2, 0) is 30.9 Å². The fourth-order valence-electron chi connectivity index (χ4n) is 8.05. The van der Waals surface area contributed by atoms with E-state index in [0.717, 1.165) is 6.42 Å². The molecule has 4 aromatic heterocycles. The highest BCUT2D eigenvalue weighted by Crippen LogP contribution is 2.34. The summed E-state index contributed by atoms with van der Waals surface area (Å²) in [5, 5.41) is 14.8. The summed E-state index contributed by atoms with van der Waals surface area (Å²) in [5.74, 6) is -1.20. The second kappa shape index (κ2) is 17.1. The van der Waals surface area contributed by atoms with E-state index < -0.39 is 23.6 Å². The molecule has 8 rings (SSSR count).